The zero-order valence-corrected chi connectivity index (χ0v) is 13.7. The third-order valence-electron chi connectivity index (χ3n) is 4.16. The van der Waals surface area contributed by atoms with Gasteiger partial charge < -0.3 is 5.11 Å². The molecule has 1 N–H and O–H groups in total. The summed E-state index contributed by atoms with van der Waals surface area (Å²) in [6.45, 7) is 0. The van der Waals surface area contributed by atoms with Gasteiger partial charge in [-0.1, -0.05) is 11.6 Å². The Bertz CT molecular complexity index is 833. The molecule has 8 heteroatoms. The zero-order chi connectivity index (χ0) is 16.6. The van der Waals surface area contributed by atoms with Crippen LogP contribution in [0.5, 0.6) is 0 Å². The fraction of sp³-hybridized carbons (Fsp3) is 0.333. The van der Waals surface area contributed by atoms with Crippen LogP contribution in [0.1, 0.15) is 19.3 Å². The van der Waals surface area contributed by atoms with Crippen molar-refractivity contribution in [3.8, 4) is 5.69 Å². The maximum absolute atomic E-state index is 12.7. The Morgan fingerprint density at radius 1 is 1.35 bits per heavy atom. The maximum atomic E-state index is 12.7. The Balaban J connectivity index is 1.90. The zero-order valence-electron chi connectivity index (χ0n) is 12.1. The van der Waals surface area contributed by atoms with Crippen molar-refractivity contribution in [1.29, 1.82) is 0 Å². The van der Waals surface area contributed by atoms with Crippen LogP contribution in [-0.2, 0) is 14.6 Å². The minimum atomic E-state index is -3.65. The SMILES string of the molecule is O=C(O)C1CCC(S(=O)(=O)c2ccc(-n3cccn3)cc2Cl)C1. The molecule has 0 saturated heterocycles. The lowest BCUT2D eigenvalue weighted by atomic mass is 10.1. The summed E-state index contributed by atoms with van der Waals surface area (Å²) >= 11 is 6.17. The molecule has 0 radical (unpaired) electrons. The second-order valence-corrected chi connectivity index (χ2v) is 8.18. The largest absolute Gasteiger partial charge is 0.481 e. The number of hydrogen-bond donors (Lipinski definition) is 1. The fourth-order valence-electron chi connectivity index (χ4n) is 2.91. The quantitative estimate of drug-likeness (QED) is 0.911. The maximum Gasteiger partial charge on any atom is 0.306 e. The van der Waals surface area contributed by atoms with Gasteiger partial charge in [-0.2, -0.15) is 5.10 Å². The molecule has 0 spiro atoms. The number of hydrogen-bond acceptors (Lipinski definition) is 4. The Morgan fingerprint density at radius 3 is 2.70 bits per heavy atom. The number of carbonyl (C=O) groups is 1. The van der Waals surface area contributed by atoms with Crippen LogP contribution >= 0.6 is 11.6 Å². The number of nitrogens with zero attached hydrogens (tertiary/aromatic N) is 2. The molecule has 0 bridgehead atoms. The average Bonchev–Trinajstić information content (AvgIpc) is 3.18. The molecule has 2 unspecified atom stereocenters. The summed E-state index contributed by atoms with van der Waals surface area (Å²) in [7, 11) is -3.65. The van der Waals surface area contributed by atoms with Gasteiger partial charge in [-0.15, -0.1) is 0 Å². The number of halogens is 1. The Kier molecular flexibility index (Phi) is 4.16. The van der Waals surface area contributed by atoms with Crippen molar-refractivity contribution >= 4 is 27.4 Å². The van der Waals surface area contributed by atoms with Gasteiger partial charge in [0.05, 0.1) is 26.8 Å². The van der Waals surface area contributed by atoms with E-state index in [1.807, 2.05) is 0 Å². The average molecular weight is 355 g/mol. The Hall–Kier alpha value is -1.86. The van der Waals surface area contributed by atoms with Crippen molar-refractivity contribution in [3.63, 3.8) is 0 Å². The van der Waals surface area contributed by atoms with Crippen LogP contribution in [0, 0.1) is 5.92 Å². The second-order valence-electron chi connectivity index (χ2n) is 5.58. The first-order chi connectivity index (χ1) is 10.9. The number of aromatic nitrogens is 2. The molecule has 3 rings (SSSR count). The van der Waals surface area contributed by atoms with E-state index in [0.29, 0.717) is 18.5 Å². The van der Waals surface area contributed by atoms with E-state index in [9.17, 15) is 13.2 Å². The number of carboxylic acids is 1. The van der Waals surface area contributed by atoms with Gasteiger partial charge in [0, 0.05) is 12.4 Å². The van der Waals surface area contributed by atoms with Gasteiger partial charge in [0.15, 0.2) is 9.84 Å². The van der Waals surface area contributed by atoms with Crippen LogP contribution < -0.4 is 0 Å². The molecule has 2 atom stereocenters. The van der Waals surface area contributed by atoms with Crippen molar-refractivity contribution in [2.45, 2.75) is 29.4 Å². The molecule has 1 heterocycles. The normalized spacial score (nSPS) is 21.4. The first-order valence-electron chi connectivity index (χ1n) is 7.16. The molecule has 6 nitrogen and oxygen atoms in total. The van der Waals surface area contributed by atoms with Gasteiger partial charge >= 0.3 is 5.97 Å². The molecule has 1 aromatic heterocycles. The van der Waals surface area contributed by atoms with Crippen LogP contribution in [0.25, 0.3) is 5.69 Å². The first kappa shape index (κ1) is 16.0. The van der Waals surface area contributed by atoms with Crippen LogP contribution in [0.4, 0.5) is 0 Å². The van der Waals surface area contributed by atoms with E-state index in [1.165, 1.54) is 6.07 Å². The standard InChI is InChI=1S/C15H15ClN2O4S/c16-13-9-11(18-7-1-6-17-18)3-5-14(13)23(21,22)12-4-2-10(8-12)15(19)20/h1,3,5-7,9-10,12H,2,4,8H2,(H,19,20). The summed E-state index contributed by atoms with van der Waals surface area (Å²) in [6.07, 6.45) is 4.20. The van der Waals surface area contributed by atoms with E-state index in [4.69, 9.17) is 16.7 Å². The highest BCUT2D eigenvalue weighted by Crippen LogP contribution is 2.36. The van der Waals surface area contributed by atoms with Gasteiger partial charge in [0.2, 0.25) is 0 Å². The number of sulfone groups is 1. The molecule has 1 aliphatic rings. The minimum absolute atomic E-state index is 0.0473. The summed E-state index contributed by atoms with van der Waals surface area (Å²) in [5, 5.41) is 12.5. The number of benzene rings is 1. The number of aliphatic carboxylic acids is 1. The van der Waals surface area contributed by atoms with E-state index < -0.39 is 27.0 Å². The van der Waals surface area contributed by atoms with Crippen molar-refractivity contribution in [3.05, 3.63) is 41.7 Å². The van der Waals surface area contributed by atoms with Gasteiger partial charge in [0.1, 0.15) is 0 Å². The molecule has 1 aliphatic carbocycles. The van der Waals surface area contributed by atoms with Gasteiger partial charge in [-0.05, 0) is 43.5 Å². The van der Waals surface area contributed by atoms with Crippen molar-refractivity contribution < 1.29 is 18.3 Å². The van der Waals surface area contributed by atoms with E-state index in [-0.39, 0.29) is 16.3 Å². The predicted octanol–water partition coefficient (Wildman–Crippen LogP) is 2.55. The summed E-state index contributed by atoms with van der Waals surface area (Å²) < 4.78 is 27.0. The fourth-order valence-corrected chi connectivity index (χ4v) is 5.29. The lowest BCUT2D eigenvalue weighted by Gasteiger charge is -2.14. The van der Waals surface area contributed by atoms with Gasteiger partial charge in [0.25, 0.3) is 0 Å². The summed E-state index contributed by atoms with van der Waals surface area (Å²) in [4.78, 5) is 11.1. The summed E-state index contributed by atoms with van der Waals surface area (Å²) in [6, 6.07) is 6.40. The highest BCUT2D eigenvalue weighted by atomic mass is 35.5. The molecular weight excluding hydrogens is 340 g/mol. The molecule has 122 valence electrons. The monoisotopic (exact) mass is 354 g/mol. The topological polar surface area (TPSA) is 89.3 Å². The minimum Gasteiger partial charge on any atom is -0.481 e. The molecule has 1 aromatic carbocycles. The van der Waals surface area contributed by atoms with Crippen LogP contribution in [-0.4, -0.2) is 34.5 Å². The third-order valence-corrected chi connectivity index (χ3v) is 6.86. The molecule has 0 aliphatic heterocycles. The lowest BCUT2D eigenvalue weighted by Crippen LogP contribution is -2.20. The van der Waals surface area contributed by atoms with E-state index in [1.54, 1.807) is 35.3 Å². The van der Waals surface area contributed by atoms with E-state index in [0.717, 1.165) is 0 Å². The van der Waals surface area contributed by atoms with Gasteiger partial charge in [-0.25, -0.2) is 13.1 Å². The van der Waals surface area contributed by atoms with Crippen LogP contribution in [0.15, 0.2) is 41.6 Å². The highest BCUT2D eigenvalue weighted by Gasteiger charge is 2.39. The third kappa shape index (κ3) is 2.98. The molecule has 2 aromatic rings. The van der Waals surface area contributed by atoms with E-state index in [2.05, 4.69) is 5.10 Å². The van der Waals surface area contributed by atoms with Crippen LogP contribution in [0.3, 0.4) is 0 Å². The van der Waals surface area contributed by atoms with Crippen LogP contribution in [0.2, 0.25) is 5.02 Å². The predicted molar refractivity (Wildman–Crippen MR) is 84.5 cm³/mol. The Morgan fingerprint density at radius 2 is 2.13 bits per heavy atom. The van der Waals surface area contributed by atoms with Crippen molar-refractivity contribution in [2.24, 2.45) is 5.92 Å². The van der Waals surface area contributed by atoms with Crippen molar-refractivity contribution in [2.75, 3.05) is 0 Å². The smallest absolute Gasteiger partial charge is 0.306 e. The summed E-state index contributed by atoms with van der Waals surface area (Å²) in [5.41, 5.74) is 0.661. The molecule has 1 fully saturated rings. The van der Waals surface area contributed by atoms with E-state index >= 15 is 0 Å². The lowest BCUT2D eigenvalue weighted by molar-refractivity contribution is -0.141. The number of carboxylic acid groups (broad SMARTS) is 1. The van der Waals surface area contributed by atoms with Crippen molar-refractivity contribution in [1.82, 2.24) is 9.78 Å². The first-order valence-corrected chi connectivity index (χ1v) is 9.08. The highest BCUT2D eigenvalue weighted by molar-refractivity contribution is 7.92. The molecule has 0 amide bonds. The summed E-state index contributed by atoms with van der Waals surface area (Å²) in [5.74, 6) is -1.54. The van der Waals surface area contributed by atoms with Gasteiger partial charge in [-0.3, -0.25) is 4.79 Å². The molecule has 23 heavy (non-hydrogen) atoms. The Labute approximate surface area is 138 Å². The second kappa shape index (κ2) is 5.98. The molecular formula is C15H15ClN2O4S. The number of rotatable bonds is 4. The molecule has 1 saturated carbocycles.